The third-order valence-corrected chi connectivity index (χ3v) is 4.27. The van der Waals surface area contributed by atoms with Crippen LogP contribution in [-0.2, 0) is 39.8 Å². The summed E-state index contributed by atoms with van der Waals surface area (Å²) >= 11 is 0. The Balaban J connectivity index is 1.21. The quantitative estimate of drug-likeness (QED) is 0.344. The Hall–Kier alpha value is -1.06. The van der Waals surface area contributed by atoms with E-state index in [2.05, 4.69) is 0 Å². The van der Waals surface area contributed by atoms with Gasteiger partial charge in [0.25, 0.3) is 0 Å². The zero-order valence-corrected chi connectivity index (χ0v) is 17.4. The molecule has 7 heteroatoms. The molecular weight excluding hydrogens is 376 g/mol. The Morgan fingerprint density at radius 3 is 1.76 bits per heavy atom. The fourth-order valence-electron chi connectivity index (χ4n) is 2.73. The van der Waals surface area contributed by atoms with Crippen LogP contribution in [0.25, 0.3) is 0 Å². The van der Waals surface area contributed by atoms with Crippen molar-refractivity contribution >= 4 is 0 Å². The summed E-state index contributed by atoms with van der Waals surface area (Å²) in [5.41, 5.74) is 1.17. The lowest BCUT2D eigenvalue weighted by Crippen LogP contribution is -2.24. The van der Waals surface area contributed by atoms with Gasteiger partial charge in [0, 0.05) is 6.61 Å². The highest BCUT2D eigenvalue weighted by atomic mass is 16.7. The van der Waals surface area contributed by atoms with Crippen LogP contribution < -0.4 is 0 Å². The molecule has 29 heavy (non-hydrogen) atoms. The molecule has 0 aromatic heterocycles. The van der Waals surface area contributed by atoms with Crippen LogP contribution in [0.15, 0.2) is 30.3 Å². The lowest BCUT2D eigenvalue weighted by Gasteiger charge is -2.22. The van der Waals surface area contributed by atoms with E-state index in [9.17, 15) is 0 Å². The average Bonchev–Trinajstić information content (AvgIpc) is 2.77. The van der Waals surface area contributed by atoms with Crippen molar-refractivity contribution in [1.82, 2.24) is 0 Å². The Kier molecular flexibility index (Phi) is 14.8. The molecule has 0 spiro atoms. The van der Waals surface area contributed by atoms with E-state index >= 15 is 0 Å². The van der Waals surface area contributed by atoms with Gasteiger partial charge in [-0.2, -0.15) is 0 Å². The van der Waals surface area contributed by atoms with E-state index in [0.29, 0.717) is 72.7 Å². The molecule has 166 valence electrons. The smallest absolute Gasteiger partial charge is 0.157 e. The third-order valence-electron chi connectivity index (χ3n) is 4.27. The van der Waals surface area contributed by atoms with Gasteiger partial charge in [0.2, 0.25) is 0 Å². The molecule has 1 aliphatic rings. The van der Waals surface area contributed by atoms with Crippen LogP contribution in [0.1, 0.15) is 24.8 Å². The molecule has 0 bridgehead atoms. The normalized spacial score (nSPS) is 16.9. The predicted octanol–water partition coefficient (Wildman–Crippen LogP) is 2.81. The first-order chi connectivity index (χ1) is 14.4. The minimum absolute atomic E-state index is 0.0495. The van der Waals surface area contributed by atoms with E-state index in [1.807, 2.05) is 30.3 Å². The molecule has 0 aliphatic carbocycles. The van der Waals surface area contributed by atoms with E-state index in [0.717, 1.165) is 19.4 Å². The summed E-state index contributed by atoms with van der Waals surface area (Å²) in [4.78, 5) is 0. The first-order valence-corrected chi connectivity index (χ1v) is 10.6. The van der Waals surface area contributed by atoms with Gasteiger partial charge in [0.05, 0.1) is 72.7 Å². The van der Waals surface area contributed by atoms with E-state index in [-0.39, 0.29) is 6.29 Å². The van der Waals surface area contributed by atoms with Crippen molar-refractivity contribution in [3.63, 3.8) is 0 Å². The lowest BCUT2D eigenvalue weighted by atomic mass is 10.2. The summed E-state index contributed by atoms with van der Waals surface area (Å²) in [6.07, 6.45) is 3.24. The molecule has 1 aromatic rings. The summed E-state index contributed by atoms with van der Waals surface area (Å²) < 4.78 is 38.5. The van der Waals surface area contributed by atoms with Crippen molar-refractivity contribution < 1.29 is 33.2 Å². The van der Waals surface area contributed by atoms with Crippen LogP contribution in [0.4, 0.5) is 0 Å². The molecule has 0 radical (unpaired) electrons. The summed E-state index contributed by atoms with van der Waals surface area (Å²) in [6, 6.07) is 10.1. The maximum atomic E-state index is 5.59. The summed E-state index contributed by atoms with van der Waals surface area (Å²) in [5, 5.41) is 0. The second-order valence-electron chi connectivity index (χ2n) is 6.65. The van der Waals surface area contributed by atoms with Crippen LogP contribution in [0.5, 0.6) is 0 Å². The second-order valence-corrected chi connectivity index (χ2v) is 6.65. The maximum Gasteiger partial charge on any atom is 0.157 e. The monoisotopic (exact) mass is 412 g/mol. The van der Waals surface area contributed by atoms with Crippen LogP contribution in [0, 0.1) is 0 Å². The number of rotatable bonds is 18. The second kappa shape index (κ2) is 17.8. The van der Waals surface area contributed by atoms with Crippen molar-refractivity contribution in [1.29, 1.82) is 0 Å². The standard InChI is InChI=1S/C22H36O7/c1-2-6-21(7-3-1)20-27-17-16-25-13-12-23-10-11-24-14-15-26-18-19-29-22-8-4-5-9-28-22/h1-3,6-7,22H,4-5,8-20H2. The average molecular weight is 413 g/mol. The molecule has 2 rings (SSSR count). The van der Waals surface area contributed by atoms with E-state index in [1.54, 1.807) is 0 Å². The van der Waals surface area contributed by atoms with Crippen molar-refractivity contribution in [2.75, 3.05) is 72.7 Å². The lowest BCUT2D eigenvalue weighted by molar-refractivity contribution is -0.169. The highest BCUT2D eigenvalue weighted by Crippen LogP contribution is 2.13. The van der Waals surface area contributed by atoms with E-state index < -0.39 is 0 Å². The number of benzene rings is 1. The van der Waals surface area contributed by atoms with Crippen LogP contribution in [0.2, 0.25) is 0 Å². The van der Waals surface area contributed by atoms with Crippen LogP contribution in [0.3, 0.4) is 0 Å². The van der Waals surface area contributed by atoms with Crippen molar-refractivity contribution in [2.24, 2.45) is 0 Å². The topological polar surface area (TPSA) is 64.6 Å². The first kappa shape index (κ1) is 24.2. The maximum absolute atomic E-state index is 5.59. The third kappa shape index (κ3) is 13.7. The molecule has 7 nitrogen and oxygen atoms in total. The molecule has 0 N–H and O–H groups in total. The van der Waals surface area contributed by atoms with Crippen LogP contribution >= 0.6 is 0 Å². The zero-order valence-electron chi connectivity index (χ0n) is 17.4. The van der Waals surface area contributed by atoms with Gasteiger partial charge < -0.3 is 33.2 Å². The van der Waals surface area contributed by atoms with Crippen molar-refractivity contribution in [3.05, 3.63) is 35.9 Å². The molecule has 0 saturated carbocycles. The molecule has 1 saturated heterocycles. The van der Waals surface area contributed by atoms with Gasteiger partial charge in [0.1, 0.15) is 0 Å². The van der Waals surface area contributed by atoms with E-state index in [4.69, 9.17) is 33.2 Å². The molecule has 1 atom stereocenters. The van der Waals surface area contributed by atoms with Crippen LogP contribution in [-0.4, -0.2) is 79.0 Å². The molecule has 1 aliphatic heterocycles. The zero-order chi connectivity index (χ0) is 20.2. The van der Waals surface area contributed by atoms with Gasteiger partial charge in [-0.1, -0.05) is 30.3 Å². The van der Waals surface area contributed by atoms with Gasteiger partial charge in [-0.25, -0.2) is 0 Å². The Labute approximate surface area is 174 Å². The van der Waals surface area contributed by atoms with Crippen molar-refractivity contribution in [2.45, 2.75) is 32.2 Å². The van der Waals surface area contributed by atoms with Gasteiger partial charge in [0.15, 0.2) is 6.29 Å². The summed E-state index contributed by atoms with van der Waals surface area (Å²) in [6.45, 7) is 7.02. The molecule has 1 aromatic carbocycles. The molecular formula is C22H36O7. The van der Waals surface area contributed by atoms with E-state index in [1.165, 1.54) is 12.0 Å². The first-order valence-electron chi connectivity index (χ1n) is 10.6. The highest BCUT2D eigenvalue weighted by molar-refractivity contribution is 5.13. The molecule has 0 amide bonds. The summed E-state index contributed by atoms with van der Waals surface area (Å²) in [5.74, 6) is 0. The Bertz CT molecular complexity index is 465. The Morgan fingerprint density at radius 1 is 0.655 bits per heavy atom. The largest absolute Gasteiger partial charge is 0.377 e. The predicted molar refractivity (Wildman–Crippen MR) is 109 cm³/mol. The molecule has 1 unspecified atom stereocenters. The molecule has 1 heterocycles. The fourth-order valence-corrected chi connectivity index (χ4v) is 2.73. The van der Waals surface area contributed by atoms with Gasteiger partial charge in [-0.3, -0.25) is 0 Å². The SMILES string of the molecule is c1ccc(COCCOCCOCCOCCOCCOC2CCCCO2)cc1. The number of ether oxygens (including phenoxy) is 7. The highest BCUT2D eigenvalue weighted by Gasteiger charge is 2.13. The number of hydrogen-bond donors (Lipinski definition) is 0. The Morgan fingerprint density at radius 2 is 1.21 bits per heavy atom. The minimum Gasteiger partial charge on any atom is -0.377 e. The van der Waals surface area contributed by atoms with Gasteiger partial charge in [-0.05, 0) is 24.8 Å². The molecule has 1 fully saturated rings. The van der Waals surface area contributed by atoms with Gasteiger partial charge in [-0.15, -0.1) is 0 Å². The van der Waals surface area contributed by atoms with Gasteiger partial charge >= 0.3 is 0 Å². The fraction of sp³-hybridized carbons (Fsp3) is 0.727. The summed E-state index contributed by atoms with van der Waals surface area (Å²) in [7, 11) is 0. The number of hydrogen-bond acceptors (Lipinski definition) is 7. The minimum atomic E-state index is -0.0495. The van der Waals surface area contributed by atoms with Crippen molar-refractivity contribution in [3.8, 4) is 0 Å².